The van der Waals surface area contributed by atoms with Crippen LogP contribution in [0.2, 0.25) is 0 Å². The molecule has 2 aromatic carbocycles. The lowest BCUT2D eigenvalue weighted by atomic mass is 10.2. The van der Waals surface area contributed by atoms with Gasteiger partial charge in [0.15, 0.2) is 0 Å². The van der Waals surface area contributed by atoms with Crippen LogP contribution in [0, 0.1) is 0 Å². The van der Waals surface area contributed by atoms with Crippen molar-refractivity contribution in [3.63, 3.8) is 0 Å². The summed E-state index contributed by atoms with van der Waals surface area (Å²) in [4.78, 5) is 6.23. The van der Waals surface area contributed by atoms with E-state index in [0.717, 1.165) is 5.56 Å². The maximum absolute atomic E-state index is 13.5. The van der Waals surface area contributed by atoms with E-state index in [0.29, 0.717) is 18.5 Å². The van der Waals surface area contributed by atoms with Gasteiger partial charge < -0.3 is 10.0 Å². The Morgan fingerprint density at radius 2 is 1.70 bits per heavy atom. The highest BCUT2D eigenvalue weighted by atomic mass is 32.2. The van der Waals surface area contributed by atoms with E-state index in [1.807, 2.05) is 49.3 Å². The summed E-state index contributed by atoms with van der Waals surface area (Å²) >= 11 is 0. The molecule has 3 aromatic rings. The SMILES string of the molecule is CN(C)CCN(Cc1ccccc1)S(=O)(=O)c1ccc(O)c2ncccc12. The van der Waals surface area contributed by atoms with E-state index in [2.05, 4.69) is 4.98 Å². The van der Waals surface area contributed by atoms with Gasteiger partial charge in [0, 0.05) is 31.2 Å². The van der Waals surface area contributed by atoms with E-state index < -0.39 is 10.0 Å². The number of phenols is 1. The first-order valence-electron chi connectivity index (χ1n) is 8.65. The number of sulfonamides is 1. The maximum Gasteiger partial charge on any atom is 0.244 e. The fourth-order valence-electron chi connectivity index (χ4n) is 2.88. The molecule has 3 rings (SSSR count). The van der Waals surface area contributed by atoms with Crippen LogP contribution in [0.3, 0.4) is 0 Å². The smallest absolute Gasteiger partial charge is 0.244 e. The van der Waals surface area contributed by atoms with E-state index in [-0.39, 0.29) is 22.7 Å². The Morgan fingerprint density at radius 3 is 2.41 bits per heavy atom. The van der Waals surface area contributed by atoms with Crippen molar-refractivity contribution < 1.29 is 13.5 Å². The molecule has 0 fully saturated rings. The normalized spacial score (nSPS) is 12.1. The molecular formula is C20H23N3O3S. The predicted molar refractivity (Wildman–Crippen MR) is 106 cm³/mol. The van der Waals surface area contributed by atoms with Crippen LogP contribution in [0.25, 0.3) is 10.9 Å². The molecule has 6 nitrogen and oxygen atoms in total. The van der Waals surface area contributed by atoms with Crippen LogP contribution in [-0.2, 0) is 16.6 Å². The van der Waals surface area contributed by atoms with Crippen LogP contribution in [0.4, 0.5) is 0 Å². The number of likely N-dealkylation sites (N-methyl/N-ethyl adjacent to an activating group) is 1. The quantitative estimate of drug-likeness (QED) is 0.677. The first kappa shape index (κ1) is 19.3. The van der Waals surface area contributed by atoms with Gasteiger partial charge in [-0.15, -0.1) is 0 Å². The largest absolute Gasteiger partial charge is 0.506 e. The molecule has 142 valence electrons. The topological polar surface area (TPSA) is 73.7 Å². The highest BCUT2D eigenvalue weighted by Gasteiger charge is 2.27. The summed E-state index contributed by atoms with van der Waals surface area (Å²) in [6.45, 7) is 1.23. The Morgan fingerprint density at radius 1 is 0.963 bits per heavy atom. The van der Waals surface area contributed by atoms with Gasteiger partial charge in [-0.1, -0.05) is 30.3 Å². The Labute approximate surface area is 159 Å². The maximum atomic E-state index is 13.5. The Kier molecular flexibility index (Phi) is 5.74. The lowest BCUT2D eigenvalue weighted by Crippen LogP contribution is -2.36. The van der Waals surface area contributed by atoms with Gasteiger partial charge in [-0.05, 0) is 43.9 Å². The minimum atomic E-state index is -3.78. The Bertz CT molecular complexity index is 1020. The summed E-state index contributed by atoms with van der Waals surface area (Å²) in [7, 11) is 0.0371. The highest BCUT2D eigenvalue weighted by Crippen LogP contribution is 2.30. The molecule has 27 heavy (non-hydrogen) atoms. The van der Waals surface area contributed by atoms with Crippen LogP contribution < -0.4 is 0 Å². The van der Waals surface area contributed by atoms with Crippen molar-refractivity contribution in [2.45, 2.75) is 11.4 Å². The fourth-order valence-corrected chi connectivity index (χ4v) is 4.48. The van der Waals surface area contributed by atoms with Gasteiger partial charge in [0.2, 0.25) is 10.0 Å². The molecule has 0 aliphatic carbocycles. The van der Waals surface area contributed by atoms with E-state index in [1.165, 1.54) is 22.6 Å². The third kappa shape index (κ3) is 4.27. The number of hydrogen-bond acceptors (Lipinski definition) is 5. The van der Waals surface area contributed by atoms with Gasteiger partial charge in [0.05, 0.1) is 4.90 Å². The van der Waals surface area contributed by atoms with Crippen molar-refractivity contribution in [2.24, 2.45) is 0 Å². The van der Waals surface area contributed by atoms with Gasteiger partial charge in [-0.3, -0.25) is 4.98 Å². The molecule has 7 heteroatoms. The van der Waals surface area contributed by atoms with Crippen molar-refractivity contribution in [2.75, 3.05) is 27.2 Å². The highest BCUT2D eigenvalue weighted by molar-refractivity contribution is 7.89. The minimum Gasteiger partial charge on any atom is -0.506 e. The molecule has 1 N–H and O–H groups in total. The minimum absolute atomic E-state index is 0.0348. The second-order valence-corrected chi connectivity index (χ2v) is 8.52. The molecule has 0 unspecified atom stereocenters. The van der Waals surface area contributed by atoms with E-state index in [1.54, 1.807) is 12.1 Å². The number of rotatable bonds is 7. The van der Waals surface area contributed by atoms with Gasteiger partial charge >= 0.3 is 0 Å². The van der Waals surface area contributed by atoms with Crippen molar-refractivity contribution in [1.82, 2.24) is 14.2 Å². The third-order valence-corrected chi connectivity index (χ3v) is 6.23. The van der Waals surface area contributed by atoms with Crippen LogP contribution in [-0.4, -0.2) is 54.9 Å². The molecule has 0 radical (unpaired) electrons. The van der Waals surface area contributed by atoms with Gasteiger partial charge in [-0.2, -0.15) is 4.31 Å². The summed E-state index contributed by atoms with van der Waals surface area (Å²) in [6.07, 6.45) is 1.53. The second-order valence-electron chi connectivity index (χ2n) is 6.61. The average molecular weight is 385 g/mol. The monoisotopic (exact) mass is 385 g/mol. The fraction of sp³-hybridized carbons (Fsp3) is 0.250. The van der Waals surface area contributed by atoms with Crippen molar-refractivity contribution in [3.05, 3.63) is 66.4 Å². The number of aromatic hydroxyl groups is 1. The molecule has 0 saturated heterocycles. The zero-order valence-corrected chi connectivity index (χ0v) is 16.2. The number of nitrogens with zero attached hydrogens (tertiary/aromatic N) is 3. The van der Waals surface area contributed by atoms with Gasteiger partial charge in [0.1, 0.15) is 11.3 Å². The Balaban J connectivity index is 2.06. The molecule has 1 aromatic heterocycles. The van der Waals surface area contributed by atoms with Crippen molar-refractivity contribution >= 4 is 20.9 Å². The van der Waals surface area contributed by atoms with Crippen molar-refractivity contribution in [3.8, 4) is 5.75 Å². The molecular weight excluding hydrogens is 362 g/mol. The molecule has 0 spiro atoms. The number of pyridine rings is 1. The lowest BCUT2D eigenvalue weighted by Gasteiger charge is -2.24. The summed E-state index contributed by atoms with van der Waals surface area (Å²) in [5.41, 5.74) is 1.20. The molecule has 0 aliphatic rings. The predicted octanol–water partition coefficient (Wildman–Crippen LogP) is 2.69. The van der Waals surface area contributed by atoms with Crippen molar-refractivity contribution in [1.29, 1.82) is 0 Å². The molecule has 0 bridgehead atoms. The van der Waals surface area contributed by atoms with Crippen LogP contribution in [0.1, 0.15) is 5.56 Å². The zero-order chi connectivity index (χ0) is 19.4. The Hall–Kier alpha value is -2.48. The van der Waals surface area contributed by atoms with Crippen LogP contribution >= 0.6 is 0 Å². The number of aromatic nitrogens is 1. The average Bonchev–Trinajstić information content (AvgIpc) is 2.66. The number of benzene rings is 2. The van der Waals surface area contributed by atoms with Crippen LogP contribution in [0.15, 0.2) is 65.7 Å². The summed E-state index contributed by atoms with van der Waals surface area (Å²) in [5.74, 6) is -0.0348. The third-order valence-electron chi connectivity index (χ3n) is 4.32. The zero-order valence-electron chi connectivity index (χ0n) is 15.4. The summed E-state index contributed by atoms with van der Waals surface area (Å²) in [5, 5.41) is 10.5. The standard InChI is InChI=1S/C20H23N3O3S/c1-22(2)13-14-23(15-16-7-4-3-5-8-16)27(25,26)19-11-10-18(24)20-17(19)9-6-12-21-20/h3-12,24H,13-15H2,1-2H3. The van der Waals surface area contributed by atoms with Gasteiger partial charge in [0.25, 0.3) is 0 Å². The molecule has 0 atom stereocenters. The number of phenolic OH excluding ortho intramolecular Hbond substituents is 1. The van der Waals surface area contributed by atoms with Crippen LogP contribution in [0.5, 0.6) is 5.75 Å². The van der Waals surface area contributed by atoms with E-state index in [4.69, 9.17) is 0 Å². The van der Waals surface area contributed by atoms with E-state index in [9.17, 15) is 13.5 Å². The second kappa shape index (κ2) is 8.04. The molecule has 1 heterocycles. The molecule has 0 aliphatic heterocycles. The van der Waals surface area contributed by atoms with Gasteiger partial charge in [-0.25, -0.2) is 8.42 Å². The summed E-state index contributed by atoms with van der Waals surface area (Å²) < 4.78 is 28.4. The molecule has 0 saturated carbocycles. The first-order valence-corrected chi connectivity index (χ1v) is 10.1. The summed E-state index contributed by atoms with van der Waals surface area (Å²) in [6, 6.07) is 15.7. The number of fused-ring (bicyclic) bond motifs is 1. The lowest BCUT2D eigenvalue weighted by molar-refractivity contribution is 0.329. The molecule has 0 amide bonds. The first-order chi connectivity index (χ1) is 12.9. The number of hydrogen-bond donors (Lipinski definition) is 1. The van der Waals surface area contributed by atoms with E-state index >= 15 is 0 Å².